The highest BCUT2D eigenvalue weighted by Crippen LogP contribution is 2.19. The summed E-state index contributed by atoms with van der Waals surface area (Å²) in [7, 11) is 7.50. The van der Waals surface area contributed by atoms with E-state index in [0.717, 1.165) is 13.0 Å². The number of methoxy groups -OCH3 is 1. The molecule has 0 unspecified atom stereocenters. The highest BCUT2D eigenvalue weighted by Gasteiger charge is 2.31. The monoisotopic (exact) mass is 266 g/mol. The summed E-state index contributed by atoms with van der Waals surface area (Å²) in [6, 6.07) is 0.350. The first-order valence-corrected chi connectivity index (χ1v) is 6.47. The molecule has 1 aromatic heterocycles. The summed E-state index contributed by atoms with van der Waals surface area (Å²) in [4.78, 5) is 20.3. The van der Waals surface area contributed by atoms with Crippen molar-refractivity contribution in [2.24, 2.45) is 7.05 Å². The van der Waals surface area contributed by atoms with E-state index in [2.05, 4.69) is 16.9 Å². The number of nitrogens with zero attached hydrogens (tertiary/aromatic N) is 4. The summed E-state index contributed by atoms with van der Waals surface area (Å²) in [5.41, 5.74) is 0.494. The number of ether oxygens (including phenoxy) is 1. The maximum atomic E-state index is 12.2. The second-order valence-electron chi connectivity index (χ2n) is 5.30. The van der Waals surface area contributed by atoms with E-state index in [1.54, 1.807) is 29.1 Å². The maximum Gasteiger partial charge on any atom is 0.273 e. The molecule has 6 heteroatoms. The van der Waals surface area contributed by atoms with Crippen LogP contribution in [0.3, 0.4) is 0 Å². The summed E-state index contributed by atoms with van der Waals surface area (Å²) in [6.45, 7) is 1.62. The minimum atomic E-state index is -0.0325. The first kappa shape index (κ1) is 14.0. The number of aryl methyl sites for hydroxylation is 1. The largest absolute Gasteiger partial charge is 0.380 e. The van der Waals surface area contributed by atoms with Crippen molar-refractivity contribution >= 4 is 5.91 Å². The zero-order valence-corrected chi connectivity index (χ0v) is 12.0. The van der Waals surface area contributed by atoms with E-state index in [1.165, 1.54) is 0 Å². The van der Waals surface area contributed by atoms with Gasteiger partial charge >= 0.3 is 0 Å². The molecule has 0 N–H and O–H groups in total. The number of amides is 1. The fourth-order valence-electron chi connectivity index (χ4n) is 2.53. The van der Waals surface area contributed by atoms with Gasteiger partial charge < -0.3 is 14.2 Å². The van der Waals surface area contributed by atoms with Crippen LogP contribution in [-0.2, 0) is 11.8 Å². The third-order valence-corrected chi connectivity index (χ3v) is 3.74. The van der Waals surface area contributed by atoms with E-state index >= 15 is 0 Å². The van der Waals surface area contributed by atoms with E-state index in [0.29, 0.717) is 18.3 Å². The van der Waals surface area contributed by atoms with Crippen molar-refractivity contribution in [2.75, 3.05) is 34.3 Å². The van der Waals surface area contributed by atoms with E-state index in [1.807, 2.05) is 14.1 Å². The third-order valence-electron chi connectivity index (χ3n) is 3.74. The Balaban J connectivity index is 1.94. The molecule has 1 aromatic rings. The molecule has 1 saturated heterocycles. The molecule has 1 aliphatic rings. The molecule has 2 heterocycles. The summed E-state index contributed by atoms with van der Waals surface area (Å²) in [5.74, 6) is -0.0325. The standard InChI is InChI=1S/C13H22N4O2/c1-15-8-12(14-9-15)13(18)17(3)6-10-5-11(19-4)7-16(10)2/h8-11H,5-7H2,1-4H3/t10-,11-/m0/s1. The van der Waals surface area contributed by atoms with Crippen molar-refractivity contribution in [2.45, 2.75) is 18.6 Å². The molecule has 106 valence electrons. The second kappa shape index (κ2) is 5.71. The fourth-order valence-corrected chi connectivity index (χ4v) is 2.53. The predicted octanol–water partition coefficient (Wildman–Crippen LogP) is 0.211. The van der Waals surface area contributed by atoms with E-state index in [-0.39, 0.29) is 12.0 Å². The number of carbonyl (C=O) groups excluding carboxylic acids is 1. The van der Waals surface area contributed by atoms with Gasteiger partial charge in [-0.1, -0.05) is 0 Å². The van der Waals surface area contributed by atoms with Gasteiger partial charge in [0.25, 0.3) is 5.91 Å². The van der Waals surface area contributed by atoms with Crippen LogP contribution in [0.5, 0.6) is 0 Å². The van der Waals surface area contributed by atoms with Gasteiger partial charge in [0.2, 0.25) is 0 Å². The van der Waals surface area contributed by atoms with Gasteiger partial charge in [-0.2, -0.15) is 0 Å². The summed E-state index contributed by atoms with van der Waals surface area (Å²) in [6.07, 6.45) is 4.62. The lowest BCUT2D eigenvalue weighted by Gasteiger charge is -2.25. The van der Waals surface area contributed by atoms with Crippen molar-refractivity contribution in [1.82, 2.24) is 19.4 Å². The Morgan fingerprint density at radius 1 is 1.58 bits per heavy atom. The Labute approximate surface area is 114 Å². The number of aromatic nitrogens is 2. The number of likely N-dealkylation sites (N-methyl/N-ethyl adjacent to an activating group) is 2. The lowest BCUT2D eigenvalue weighted by atomic mass is 10.2. The van der Waals surface area contributed by atoms with Crippen LogP contribution in [0.2, 0.25) is 0 Å². The summed E-state index contributed by atoms with van der Waals surface area (Å²) in [5, 5.41) is 0. The molecule has 0 bridgehead atoms. The molecule has 1 fully saturated rings. The van der Waals surface area contributed by atoms with Gasteiger partial charge in [-0.25, -0.2) is 4.98 Å². The van der Waals surface area contributed by atoms with Crippen LogP contribution in [0.15, 0.2) is 12.5 Å². The molecule has 19 heavy (non-hydrogen) atoms. The molecule has 1 aliphatic heterocycles. The Morgan fingerprint density at radius 3 is 2.84 bits per heavy atom. The van der Waals surface area contributed by atoms with E-state index < -0.39 is 0 Å². The van der Waals surface area contributed by atoms with Crippen LogP contribution >= 0.6 is 0 Å². The lowest BCUT2D eigenvalue weighted by Crippen LogP contribution is -2.39. The van der Waals surface area contributed by atoms with Gasteiger partial charge in [-0.05, 0) is 13.5 Å². The van der Waals surface area contributed by atoms with Crippen molar-refractivity contribution in [3.63, 3.8) is 0 Å². The summed E-state index contributed by atoms with van der Waals surface area (Å²) < 4.78 is 7.16. The number of hydrogen-bond acceptors (Lipinski definition) is 4. The number of rotatable bonds is 4. The zero-order chi connectivity index (χ0) is 14.0. The first-order valence-electron chi connectivity index (χ1n) is 6.47. The SMILES string of the molecule is CO[C@H]1C[C@@H](CN(C)C(=O)c2cn(C)cn2)N(C)C1. The third kappa shape index (κ3) is 3.13. The molecule has 1 amide bonds. The van der Waals surface area contributed by atoms with Crippen molar-refractivity contribution in [3.8, 4) is 0 Å². The first-order chi connectivity index (χ1) is 9.01. The van der Waals surface area contributed by atoms with Gasteiger partial charge in [-0.3, -0.25) is 9.69 Å². The van der Waals surface area contributed by atoms with Crippen molar-refractivity contribution in [1.29, 1.82) is 0 Å². The van der Waals surface area contributed by atoms with Crippen LogP contribution in [-0.4, -0.2) is 71.7 Å². The second-order valence-corrected chi connectivity index (χ2v) is 5.30. The summed E-state index contributed by atoms with van der Waals surface area (Å²) >= 11 is 0. The van der Waals surface area contributed by atoms with Gasteiger partial charge in [0.15, 0.2) is 0 Å². The minimum absolute atomic E-state index is 0.0325. The smallest absolute Gasteiger partial charge is 0.273 e. The molecular formula is C13H22N4O2. The van der Waals surface area contributed by atoms with Gasteiger partial charge in [0.05, 0.1) is 12.4 Å². The fraction of sp³-hybridized carbons (Fsp3) is 0.692. The Bertz CT molecular complexity index is 446. The maximum absolute atomic E-state index is 12.2. The van der Waals surface area contributed by atoms with E-state index in [9.17, 15) is 4.79 Å². The minimum Gasteiger partial charge on any atom is -0.380 e. The van der Waals surface area contributed by atoms with Crippen molar-refractivity contribution < 1.29 is 9.53 Å². The molecule has 2 atom stereocenters. The molecule has 0 aromatic carbocycles. The highest BCUT2D eigenvalue weighted by molar-refractivity contribution is 5.91. The average Bonchev–Trinajstić information content (AvgIpc) is 2.95. The number of likely N-dealkylation sites (tertiary alicyclic amines) is 1. The highest BCUT2D eigenvalue weighted by atomic mass is 16.5. The predicted molar refractivity (Wildman–Crippen MR) is 72.0 cm³/mol. The van der Waals surface area contributed by atoms with Crippen LogP contribution in [0.4, 0.5) is 0 Å². The van der Waals surface area contributed by atoms with Crippen LogP contribution < -0.4 is 0 Å². The van der Waals surface area contributed by atoms with Crippen LogP contribution in [0.25, 0.3) is 0 Å². The van der Waals surface area contributed by atoms with Gasteiger partial charge in [0, 0.05) is 46.5 Å². The molecule has 0 saturated carbocycles. The van der Waals surface area contributed by atoms with Crippen molar-refractivity contribution in [3.05, 3.63) is 18.2 Å². The van der Waals surface area contributed by atoms with Crippen LogP contribution in [0, 0.1) is 0 Å². The molecular weight excluding hydrogens is 244 g/mol. The molecule has 2 rings (SSSR count). The van der Waals surface area contributed by atoms with Gasteiger partial charge in [0.1, 0.15) is 5.69 Å². The quantitative estimate of drug-likeness (QED) is 0.782. The topological polar surface area (TPSA) is 50.6 Å². The Kier molecular flexibility index (Phi) is 4.21. The average molecular weight is 266 g/mol. The van der Waals surface area contributed by atoms with Gasteiger partial charge in [-0.15, -0.1) is 0 Å². The van der Waals surface area contributed by atoms with Crippen LogP contribution in [0.1, 0.15) is 16.9 Å². The lowest BCUT2D eigenvalue weighted by molar-refractivity contribution is 0.0755. The zero-order valence-electron chi connectivity index (χ0n) is 12.0. The van der Waals surface area contributed by atoms with E-state index in [4.69, 9.17) is 4.74 Å². The molecule has 6 nitrogen and oxygen atoms in total. The Hall–Kier alpha value is -1.40. The Morgan fingerprint density at radius 2 is 2.32 bits per heavy atom. The molecule has 0 radical (unpaired) electrons. The normalized spacial score (nSPS) is 23.8. The molecule has 0 aliphatic carbocycles. The number of carbonyl (C=O) groups is 1. The molecule has 0 spiro atoms. The number of imidazole rings is 1. The number of hydrogen-bond donors (Lipinski definition) is 0.